The zero-order valence-corrected chi connectivity index (χ0v) is 10.5. The van der Waals surface area contributed by atoms with Crippen molar-refractivity contribution in [1.82, 2.24) is 0 Å². The van der Waals surface area contributed by atoms with Gasteiger partial charge in [0.05, 0.1) is 17.6 Å². The second-order valence-corrected chi connectivity index (χ2v) is 4.75. The molecule has 98 valence electrons. The number of hydrogen-bond acceptors (Lipinski definition) is 4. The Bertz CT molecular complexity index is 448. The molecule has 0 bridgehead atoms. The van der Waals surface area contributed by atoms with E-state index in [-0.39, 0.29) is 23.3 Å². The maximum absolute atomic E-state index is 10.8. The molecule has 0 radical (unpaired) electrons. The van der Waals surface area contributed by atoms with Crippen molar-refractivity contribution in [3.8, 4) is 0 Å². The Morgan fingerprint density at radius 1 is 1.50 bits per heavy atom. The van der Waals surface area contributed by atoms with E-state index in [0.717, 1.165) is 31.5 Å². The fourth-order valence-corrected chi connectivity index (χ4v) is 2.55. The quantitative estimate of drug-likeness (QED) is 0.660. The number of nitro groups is 1. The van der Waals surface area contributed by atoms with Crippen LogP contribution in [0.1, 0.15) is 24.8 Å². The highest BCUT2D eigenvalue weighted by Crippen LogP contribution is 2.28. The molecule has 1 heterocycles. The van der Waals surface area contributed by atoms with Crippen LogP contribution in [0.5, 0.6) is 0 Å². The molecule has 18 heavy (non-hydrogen) atoms. The summed E-state index contributed by atoms with van der Waals surface area (Å²) in [5.74, 6) is 0. The van der Waals surface area contributed by atoms with Gasteiger partial charge in [0.25, 0.3) is 5.69 Å². The first-order valence-electron chi connectivity index (χ1n) is 6.26. The summed E-state index contributed by atoms with van der Waals surface area (Å²) in [6, 6.07) is 5.30. The van der Waals surface area contributed by atoms with E-state index in [9.17, 15) is 15.2 Å². The summed E-state index contributed by atoms with van der Waals surface area (Å²) in [5, 5.41) is 20.2. The fourth-order valence-electron chi connectivity index (χ4n) is 2.55. The number of rotatable bonds is 3. The average Bonchev–Trinajstić information content (AvgIpc) is 2.38. The van der Waals surface area contributed by atoms with Gasteiger partial charge in [-0.15, -0.1) is 0 Å². The first-order valence-corrected chi connectivity index (χ1v) is 6.26. The van der Waals surface area contributed by atoms with E-state index in [0.29, 0.717) is 5.56 Å². The topological polar surface area (TPSA) is 66.6 Å². The SMILES string of the molecule is Cc1cc(N2CCCCC2CO)ccc1[N+](=O)[O-]. The van der Waals surface area contributed by atoms with Gasteiger partial charge in [0, 0.05) is 23.9 Å². The van der Waals surface area contributed by atoms with Crippen molar-refractivity contribution in [2.75, 3.05) is 18.1 Å². The van der Waals surface area contributed by atoms with Crippen molar-refractivity contribution in [2.45, 2.75) is 32.2 Å². The predicted molar refractivity (Wildman–Crippen MR) is 69.9 cm³/mol. The lowest BCUT2D eigenvalue weighted by Crippen LogP contribution is -2.41. The number of hydrogen-bond donors (Lipinski definition) is 1. The third-order valence-electron chi connectivity index (χ3n) is 3.55. The molecule has 0 aromatic heterocycles. The summed E-state index contributed by atoms with van der Waals surface area (Å²) >= 11 is 0. The molecule has 2 rings (SSSR count). The second-order valence-electron chi connectivity index (χ2n) is 4.75. The van der Waals surface area contributed by atoms with Crippen LogP contribution in [-0.4, -0.2) is 29.2 Å². The van der Waals surface area contributed by atoms with Crippen molar-refractivity contribution < 1.29 is 10.0 Å². The number of anilines is 1. The van der Waals surface area contributed by atoms with Crippen LogP contribution in [-0.2, 0) is 0 Å². The Labute approximate surface area is 106 Å². The number of nitro benzene ring substituents is 1. The van der Waals surface area contributed by atoms with E-state index in [1.165, 1.54) is 0 Å². The minimum absolute atomic E-state index is 0.135. The summed E-state index contributed by atoms with van der Waals surface area (Å²) in [4.78, 5) is 12.6. The summed E-state index contributed by atoms with van der Waals surface area (Å²) < 4.78 is 0. The minimum atomic E-state index is -0.362. The zero-order chi connectivity index (χ0) is 13.1. The first kappa shape index (κ1) is 12.8. The largest absolute Gasteiger partial charge is 0.394 e. The van der Waals surface area contributed by atoms with E-state index in [1.54, 1.807) is 19.1 Å². The summed E-state index contributed by atoms with van der Waals surface area (Å²) in [6.07, 6.45) is 3.22. The Morgan fingerprint density at radius 2 is 2.28 bits per heavy atom. The number of nitrogens with zero attached hydrogens (tertiary/aromatic N) is 2. The van der Waals surface area contributed by atoms with Gasteiger partial charge in [-0.2, -0.15) is 0 Å². The maximum atomic E-state index is 10.8. The molecule has 1 aromatic rings. The summed E-state index contributed by atoms with van der Waals surface area (Å²) in [5.41, 5.74) is 1.79. The van der Waals surface area contributed by atoms with Crippen molar-refractivity contribution >= 4 is 11.4 Å². The Morgan fingerprint density at radius 3 is 2.89 bits per heavy atom. The minimum Gasteiger partial charge on any atom is -0.394 e. The molecule has 1 unspecified atom stereocenters. The molecule has 1 saturated heterocycles. The molecule has 1 aromatic carbocycles. The van der Waals surface area contributed by atoms with Crippen LogP contribution in [0.15, 0.2) is 18.2 Å². The molecule has 0 spiro atoms. The molecule has 1 aliphatic heterocycles. The van der Waals surface area contributed by atoms with Gasteiger partial charge in [-0.3, -0.25) is 10.1 Å². The summed E-state index contributed by atoms with van der Waals surface area (Å²) in [7, 11) is 0. The molecule has 0 aliphatic carbocycles. The van der Waals surface area contributed by atoms with Crippen LogP contribution in [0.4, 0.5) is 11.4 Å². The van der Waals surface area contributed by atoms with Gasteiger partial charge in [0.1, 0.15) is 0 Å². The van der Waals surface area contributed by atoms with Crippen molar-refractivity contribution in [1.29, 1.82) is 0 Å². The van der Waals surface area contributed by atoms with Gasteiger partial charge in [-0.05, 0) is 38.3 Å². The summed E-state index contributed by atoms with van der Waals surface area (Å²) in [6.45, 7) is 2.79. The third-order valence-corrected chi connectivity index (χ3v) is 3.55. The monoisotopic (exact) mass is 250 g/mol. The number of aliphatic hydroxyl groups is 1. The van der Waals surface area contributed by atoms with E-state index < -0.39 is 0 Å². The molecule has 5 heteroatoms. The van der Waals surface area contributed by atoms with Crippen LogP contribution in [0, 0.1) is 17.0 Å². The molecule has 0 saturated carbocycles. The molecule has 1 atom stereocenters. The fraction of sp³-hybridized carbons (Fsp3) is 0.538. The van der Waals surface area contributed by atoms with Gasteiger partial charge in [0.15, 0.2) is 0 Å². The first-order chi connectivity index (χ1) is 8.63. The molecule has 1 N–H and O–H groups in total. The van der Waals surface area contributed by atoms with Gasteiger partial charge in [-0.1, -0.05) is 0 Å². The number of benzene rings is 1. The predicted octanol–water partition coefficient (Wildman–Crippen LogP) is 2.25. The lowest BCUT2D eigenvalue weighted by atomic mass is 10.0. The normalized spacial score (nSPS) is 19.9. The van der Waals surface area contributed by atoms with Crippen LogP contribution >= 0.6 is 0 Å². The van der Waals surface area contributed by atoms with Crippen LogP contribution in [0.2, 0.25) is 0 Å². The van der Waals surface area contributed by atoms with Crippen molar-refractivity contribution in [3.05, 3.63) is 33.9 Å². The van der Waals surface area contributed by atoms with Crippen molar-refractivity contribution in [3.63, 3.8) is 0 Å². The lowest BCUT2D eigenvalue weighted by Gasteiger charge is -2.36. The molecule has 1 aliphatic rings. The molecule has 1 fully saturated rings. The number of piperidine rings is 1. The van der Waals surface area contributed by atoms with Gasteiger partial charge >= 0.3 is 0 Å². The molecule has 0 amide bonds. The van der Waals surface area contributed by atoms with Crippen LogP contribution in [0.3, 0.4) is 0 Å². The van der Waals surface area contributed by atoms with E-state index in [2.05, 4.69) is 4.90 Å². The smallest absolute Gasteiger partial charge is 0.272 e. The highest BCUT2D eigenvalue weighted by Gasteiger charge is 2.23. The molecular weight excluding hydrogens is 232 g/mol. The third kappa shape index (κ3) is 2.46. The molecular formula is C13H18N2O3. The Hall–Kier alpha value is -1.62. The molecule has 5 nitrogen and oxygen atoms in total. The maximum Gasteiger partial charge on any atom is 0.272 e. The zero-order valence-electron chi connectivity index (χ0n) is 10.5. The highest BCUT2D eigenvalue weighted by atomic mass is 16.6. The number of aliphatic hydroxyl groups excluding tert-OH is 1. The lowest BCUT2D eigenvalue weighted by molar-refractivity contribution is -0.385. The van der Waals surface area contributed by atoms with E-state index in [4.69, 9.17) is 0 Å². The van der Waals surface area contributed by atoms with Crippen LogP contribution < -0.4 is 4.90 Å². The van der Waals surface area contributed by atoms with Gasteiger partial charge < -0.3 is 10.0 Å². The van der Waals surface area contributed by atoms with E-state index >= 15 is 0 Å². The van der Waals surface area contributed by atoms with Crippen molar-refractivity contribution in [2.24, 2.45) is 0 Å². The second kappa shape index (κ2) is 5.35. The number of aryl methyl sites for hydroxylation is 1. The standard InChI is InChI=1S/C13H18N2O3/c1-10-8-11(5-6-13(10)15(17)18)14-7-3-2-4-12(14)9-16/h5-6,8,12,16H,2-4,7,9H2,1H3. The van der Waals surface area contributed by atoms with Gasteiger partial charge in [0.2, 0.25) is 0 Å². The highest BCUT2D eigenvalue weighted by molar-refractivity contribution is 5.56. The Kier molecular flexibility index (Phi) is 3.81. The average molecular weight is 250 g/mol. The van der Waals surface area contributed by atoms with E-state index in [1.807, 2.05) is 6.07 Å². The van der Waals surface area contributed by atoms with Crippen LogP contribution in [0.25, 0.3) is 0 Å². The Balaban J connectivity index is 2.27. The van der Waals surface area contributed by atoms with Gasteiger partial charge in [-0.25, -0.2) is 0 Å².